The van der Waals surface area contributed by atoms with Gasteiger partial charge in [0.25, 0.3) is 5.91 Å². The standard InChI is InChI=1S/C16H25N3O/c1-11-8-14(12(2)19(11)13-4-5-13)15(20)18-7-6-16(3,9-17)10-18/h8,13H,4-7,9-10,17H2,1-3H3. The van der Waals surface area contributed by atoms with E-state index >= 15 is 0 Å². The van der Waals surface area contributed by atoms with Gasteiger partial charge in [-0.1, -0.05) is 6.92 Å². The topological polar surface area (TPSA) is 51.3 Å². The quantitative estimate of drug-likeness (QED) is 0.920. The third-order valence-electron chi connectivity index (χ3n) is 4.96. The molecule has 0 aromatic carbocycles. The van der Waals surface area contributed by atoms with Gasteiger partial charge in [0.15, 0.2) is 0 Å². The summed E-state index contributed by atoms with van der Waals surface area (Å²) in [7, 11) is 0. The normalized spacial score (nSPS) is 26.3. The summed E-state index contributed by atoms with van der Waals surface area (Å²) in [5, 5.41) is 0. The molecule has 4 heteroatoms. The molecule has 110 valence electrons. The van der Waals surface area contributed by atoms with Gasteiger partial charge >= 0.3 is 0 Å². The van der Waals surface area contributed by atoms with Crippen LogP contribution >= 0.6 is 0 Å². The summed E-state index contributed by atoms with van der Waals surface area (Å²) in [5.74, 6) is 0.183. The molecule has 2 fully saturated rings. The van der Waals surface area contributed by atoms with Crippen LogP contribution in [0.4, 0.5) is 0 Å². The number of carbonyl (C=O) groups is 1. The first-order valence-electron chi connectivity index (χ1n) is 7.63. The van der Waals surface area contributed by atoms with Gasteiger partial charge in [0.1, 0.15) is 0 Å². The Hall–Kier alpha value is -1.29. The Morgan fingerprint density at radius 1 is 1.45 bits per heavy atom. The summed E-state index contributed by atoms with van der Waals surface area (Å²) in [4.78, 5) is 14.7. The molecular weight excluding hydrogens is 250 g/mol. The number of likely N-dealkylation sites (tertiary alicyclic amines) is 1. The fourth-order valence-electron chi connectivity index (χ4n) is 3.42. The van der Waals surface area contributed by atoms with Gasteiger partial charge < -0.3 is 15.2 Å². The van der Waals surface area contributed by atoms with Crippen LogP contribution in [0.2, 0.25) is 0 Å². The van der Waals surface area contributed by atoms with E-state index in [-0.39, 0.29) is 11.3 Å². The first-order valence-corrected chi connectivity index (χ1v) is 7.63. The molecular formula is C16H25N3O. The number of hydrogen-bond donors (Lipinski definition) is 1. The molecule has 0 bridgehead atoms. The van der Waals surface area contributed by atoms with Crippen LogP contribution < -0.4 is 5.73 Å². The Balaban J connectivity index is 1.83. The van der Waals surface area contributed by atoms with E-state index in [1.54, 1.807) is 0 Å². The van der Waals surface area contributed by atoms with Gasteiger partial charge in [0.2, 0.25) is 0 Å². The Labute approximate surface area is 120 Å². The Morgan fingerprint density at radius 2 is 2.15 bits per heavy atom. The van der Waals surface area contributed by atoms with E-state index in [0.29, 0.717) is 12.6 Å². The first-order chi connectivity index (χ1) is 9.45. The molecule has 1 unspecified atom stereocenters. The van der Waals surface area contributed by atoms with Crippen molar-refractivity contribution in [1.82, 2.24) is 9.47 Å². The number of rotatable bonds is 3. The SMILES string of the molecule is Cc1cc(C(=O)N2CCC(C)(CN)C2)c(C)n1C1CC1. The van der Waals surface area contributed by atoms with Gasteiger partial charge in [-0.3, -0.25) is 4.79 Å². The van der Waals surface area contributed by atoms with Crippen molar-refractivity contribution in [2.45, 2.75) is 46.1 Å². The van der Waals surface area contributed by atoms with Crippen molar-refractivity contribution >= 4 is 5.91 Å². The maximum atomic E-state index is 12.8. The van der Waals surface area contributed by atoms with E-state index in [9.17, 15) is 4.79 Å². The van der Waals surface area contributed by atoms with E-state index in [2.05, 4.69) is 31.4 Å². The highest BCUT2D eigenvalue weighted by Crippen LogP contribution is 2.39. The summed E-state index contributed by atoms with van der Waals surface area (Å²) >= 11 is 0. The molecule has 1 aliphatic heterocycles. The zero-order valence-corrected chi connectivity index (χ0v) is 12.8. The second-order valence-electron chi connectivity index (χ2n) is 6.88. The number of nitrogens with zero attached hydrogens (tertiary/aromatic N) is 2. The lowest BCUT2D eigenvalue weighted by Crippen LogP contribution is -2.34. The van der Waals surface area contributed by atoms with Gasteiger partial charge in [-0.25, -0.2) is 0 Å². The van der Waals surface area contributed by atoms with Crippen LogP contribution in [0.5, 0.6) is 0 Å². The summed E-state index contributed by atoms with van der Waals surface area (Å²) in [6.07, 6.45) is 3.51. The Bertz CT molecular complexity index is 544. The molecule has 20 heavy (non-hydrogen) atoms. The highest BCUT2D eigenvalue weighted by molar-refractivity contribution is 5.96. The number of nitrogens with two attached hydrogens (primary N) is 1. The fourth-order valence-corrected chi connectivity index (χ4v) is 3.42. The molecule has 2 heterocycles. The molecule has 1 aromatic rings. The van der Waals surface area contributed by atoms with Gasteiger partial charge in [-0.2, -0.15) is 0 Å². The number of hydrogen-bond acceptors (Lipinski definition) is 2. The molecule has 3 rings (SSSR count). The molecule has 1 aliphatic carbocycles. The second-order valence-corrected chi connectivity index (χ2v) is 6.88. The van der Waals surface area contributed by atoms with Gasteiger partial charge in [0, 0.05) is 30.5 Å². The minimum atomic E-state index is 0.0949. The summed E-state index contributed by atoms with van der Waals surface area (Å²) in [6.45, 7) is 8.63. The molecule has 1 atom stereocenters. The van der Waals surface area contributed by atoms with E-state index in [1.165, 1.54) is 18.5 Å². The van der Waals surface area contributed by atoms with Crippen molar-refractivity contribution in [2.24, 2.45) is 11.1 Å². The molecule has 2 aliphatic rings. The van der Waals surface area contributed by atoms with Crippen molar-refractivity contribution in [3.8, 4) is 0 Å². The van der Waals surface area contributed by atoms with Crippen LogP contribution in [0.3, 0.4) is 0 Å². The predicted molar refractivity (Wildman–Crippen MR) is 79.9 cm³/mol. The van der Waals surface area contributed by atoms with Crippen molar-refractivity contribution in [3.05, 3.63) is 23.0 Å². The highest BCUT2D eigenvalue weighted by atomic mass is 16.2. The maximum absolute atomic E-state index is 12.8. The Kier molecular flexibility index (Phi) is 3.16. The number of aryl methyl sites for hydroxylation is 1. The van der Waals surface area contributed by atoms with Crippen LogP contribution in [0.25, 0.3) is 0 Å². The predicted octanol–water partition coefficient (Wildman–Crippen LogP) is 2.25. The zero-order valence-electron chi connectivity index (χ0n) is 12.8. The molecule has 1 saturated carbocycles. The summed E-state index contributed by atoms with van der Waals surface area (Å²) in [6, 6.07) is 2.69. The first kappa shape index (κ1) is 13.7. The molecule has 1 aromatic heterocycles. The van der Waals surface area contributed by atoms with Gasteiger partial charge in [-0.05, 0) is 51.1 Å². The number of aromatic nitrogens is 1. The van der Waals surface area contributed by atoms with Crippen molar-refractivity contribution in [2.75, 3.05) is 19.6 Å². The zero-order chi connectivity index (χ0) is 14.5. The summed E-state index contributed by atoms with van der Waals surface area (Å²) < 4.78 is 2.34. The van der Waals surface area contributed by atoms with Gasteiger partial charge in [-0.15, -0.1) is 0 Å². The molecule has 1 amide bonds. The molecule has 0 spiro atoms. The summed E-state index contributed by atoms with van der Waals surface area (Å²) in [5.41, 5.74) is 9.17. The smallest absolute Gasteiger partial charge is 0.255 e. The third-order valence-corrected chi connectivity index (χ3v) is 4.96. The lowest BCUT2D eigenvalue weighted by atomic mass is 9.90. The van der Waals surface area contributed by atoms with E-state index < -0.39 is 0 Å². The average molecular weight is 275 g/mol. The lowest BCUT2D eigenvalue weighted by Gasteiger charge is -2.22. The maximum Gasteiger partial charge on any atom is 0.255 e. The lowest BCUT2D eigenvalue weighted by molar-refractivity contribution is 0.0776. The van der Waals surface area contributed by atoms with Crippen LogP contribution in [0.1, 0.15) is 54.0 Å². The van der Waals surface area contributed by atoms with Gasteiger partial charge in [0.05, 0.1) is 5.56 Å². The van der Waals surface area contributed by atoms with E-state index in [0.717, 1.165) is 30.8 Å². The van der Waals surface area contributed by atoms with Crippen LogP contribution in [-0.2, 0) is 0 Å². The minimum absolute atomic E-state index is 0.0949. The van der Waals surface area contributed by atoms with Crippen molar-refractivity contribution in [1.29, 1.82) is 0 Å². The molecule has 4 nitrogen and oxygen atoms in total. The van der Waals surface area contributed by atoms with E-state index in [4.69, 9.17) is 5.73 Å². The largest absolute Gasteiger partial charge is 0.345 e. The van der Waals surface area contributed by atoms with Crippen LogP contribution in [0, 0.1) is 19.3 Å². The fraction of sp³-hybridized carbons (Fsp3) is 0.688. The van der Waals surface area contributed by atoms with Crippen molar-refractivity contribution < 1.29 is 4.79 Å². The third kappa shape index (κ3) is 2.16. The van der Waals surface area contributed by atoms with Crippen LogP contribution in [-0.4, -0.2) is 35.0 Å². The molecule has 1 saturated heterocycles. The number of amides is 1. The monoisotopic (exact) mass is 275 g/mol. The Morgan fingerprint density at radius 3 is 2.70 bits per heavy atom. The number of carbonyl (C=O) groups excluding carboxylic acids is 1. The van der Waals surface area contributed by atoms with Crippen LogP contribution in [0.15, 0.2) is 6.07 Å². The van der Waals surface area contributed by atoms with E-state index in [1.807, 2.05) is 4.90 Å². The molecule has 0 radical (unpaired) electrons. The average Bonchev–Trinajstić information content (AvgIpc) is 3.10. The molecule has 2 N–H and O–H groups in total. The minimum Gasteiger partial charge on any atom is -0.345 e. The highest BCUT2D eigenvalue weighted by Gasteiger charge is 2.36. The second kappa shape index (κ2) is 4.62. The van der Waals surface area contributed by atoms with Crippen molar-refractivity contribution in [3.63, 3.8) is 0 Å².